The smallest absolute Gasteiger partial charge is 0.106 e. The van der Waals surface area contributed by atoms with Gasteiger partial charge in [-0.25, -0.2) is 4.98 Å². The standard InChI is InChI=1S/C16H22BrN3S/c1-3-12(18)16(15-8-11(17)9-21-15)20-10(2)19-13-6-4-5-7-14(13)20/h8-9,12,16H,3-7,18H2,1-2H3. The van der Waals surface area contributed by atoms with E-state index in [1.54, 1.807) is 11.3 Å². The van der Waals surface area contributed by atoms with E-state index < -0.39 is 0 Å². The summed E-state index contributed by atoms with van der Waals surface area (Å²) in [4.78, 5) is 6.15. The second kappa shape index (κ2) is 6.23. The molecule has 5 heteroatoms. The van der Waals surface area contributed by atoms with Crippen molar-refractivity contribution >= 4 is 27.3 Å². The van der Waals surface area contributed by atoms with E-state index in [1.165, 1.54) is 29.1 Å². The maximum atomic E-state index is 6.49. The third-order valence-electron chi connectivity index (χ3n) is 4.38. The van der Waals surface area contributed by atoms with E-state index in [-0.39, 0.29) is 12.1 Å². The van der Waals surface area contributed by atoms with Gasteiger partial charge in [0.2, 0.25) is 0 Å². The topological polar surface area (TPSA) is 43.8 Å². The van der Waals surface area contributed by atoms with E-state index in [4.69, 9.17) is 10.7 Å². The Morgan fingerprint density at radius 1 is 1.43 bits per heavy atom. The second-order valence-corrected chi connectivity index (χ2v) is 7.67. The van der Waals surface area contributed by atoms with Crippen LogP contribution in [-0.2, 0) is 12.8 Å². The third kappa shape index (κ3) is 2.83. The van der Waals surface area contributed by atoms with E-state index in [2.05, 4.69) is 45.8 Å². The number of aryl methyl sites for hydroxylation is 2. The highest BCUT2D eigenvalue weighted by atomic mass is 79.9. The molecule has 0 fully saturated rings. The third-order valence-corrected chi connectivity index (χ3v) is 6.15. The molecular weight excluding hydrogens is 346 g/mol. The zero-order valence-electron chi connectivity index (χ0n) is 12.6. The summed E-state index contributed by atoms with van der Waals surface area (Å²) in [5.74, 6) is 1.11. The zero-order valence-corrected chi connectivity index (χ0v) is 15.0. The quantitative estimate of drug-likeness (QED) is 0.878. The summed E-state index contributed by atoms with van der Waals surface area (Å²) >= 11 is 5.36. The molecule has 2 atom stereocenters. The molecule has 21 heavy (non-hydrogen) atoms. The molecule has 0 radical (unpaired) electrons. The van der Waals surface area contributed by atoms with Crippen molar-refractivity contribution < 1.29 is 0 Å². The van der Waals surface area contributed by atoms with E-state index in [9.17, 15) is 0 Å². The van der Waals surface area contributed by atoms with Crippen molar-refractivity contribution in [1.82, 2.24) is 9.55 Å². The van der Waals surface area contributed by atoms with Crippen LogP contribution < -0.4 is 5.73 Å². The molecule has 1 aliphatic carbocycles. The van der Waals surface area contributed by atoms with Crippen LogP contribution in [0.25, 0.3) is 0 Å². The summed E-state index contributed by atoms with van der Waals surface area (Å²) in [6.07, 6.45) is 5.74. The minimum Gasteiger partial charge on any atom is -0.326 e. The molecule has 0 spiro atoms. The first kappa shape index (κ1) is 15.3. The number of fused-ring (bicyclic) bond motifs is 1. The Morgan fingerprint density at radius 2 is 2.19 bits per heavy atom. The Balaban J connectivity index is 2.10. The average Bonchev–Trinajstić information content (AvgIpc) is 3.04. The number of hydrogen-bond acceptors (Lipinski definition) is 3. The monoisotopic (exact) mass is 367 g/mol. The Bertz CT molecular complexity index is 632. The predicted octanol–water partition coefficient (Wildman–Crippen LogP) is 4.22. The van der Waals surface area contributed by atoms with Crippen molar-refractivity contribution in [2.24, 2.45) is 5.73 Å². The van der Waals surface area contributed by atoms with Crippen molar-refractivity contribution in [3.05, 3.63) is 38.0 Å². The SMILES string of the molecule is CCC(N)C(c1cc(Br)cs1)n1c(C)nc2c1CCCC2. The number of nitrogens with two attached hydrogens (primary N) is 1. The zero-order chi connectivity index (χ0) is 15.0. The lowest BCUT2D eigenvalue weighted by atomic mass is 9.98. The fourth-order valence-electron chi connectivity index (χ4n) is 3.30. The highest BCUT2D eigenvalue weighted by Crippen LogP contribution is 2.35. The summed E-state index contributed by atoms with van der Waals surface area (Å²) in [7, 11) is 0. The second-order valence-electron chi connectivity index (χ2n) is 5.81. The lowest BCUT2D eigenvalue weighted by Gasteiger charge is -2.27. The number of thiophene rings is 1. The molecular formula is C16H22BrN3S. The van der Waals surface area contributed by atoms with Crippen molar-refractivity contribution in [3.63, 3.8) is 0 Å². The molecule has 0 amide bonds. The van der Waals surface area contributed by atoms with Gasteiger partial charge < -0.3 is 10.3 Å². The van der Waals surface area contributed by atoms with Crippen molar-refractivity contribution in [2.75, 3.05) is 0 Å². The predicted molar refractivity (Wildman–Crippen MR) is 92.0 cm³/mol. The lowest BCUT2D eigenvalue weighted by molar-refractivity contribution is 0.440. The molecule has 2 heterocycles. The normalized spacial score (nSPS) is 17.5. The van der Waals surface area contributed by atoms with Gasteiger partial charge in [0.1, 0.15) is 5.82 Å². The average molecular weight is 368 g/mol. The van der Waals surface area contributed by atoms with Gasteiger partial charge >= 0.3 is 0 Å². The first-order chi connectivity index (χ1) is 10.1. The van der Waals surface area contributed by atoms with Crippen LogP contribution in [0.1, 0.15) is 54.3 Å². The molecule has 0 saturated carbocycles. The van der Waals surface area contributed by atoms with Gasteiger partial charge in [-0.3, -0.25) is 0 Å². The minimum atomic E-state index is 0.120. The lowest BCUT2D eigenvalue weighted by Crippen LogP contribution is -2.33. The van der Waals surface area contributed by atoms with Crippen LogP contribution >= 0.6 is 27.3 Å². The van der Waals surface area contributed by atoms with Crippen LogP contribution in [0.4, 0.5) is 0 Å². The molecule has 2 aromatic rings. The van der Waals surface area contributed by atoms with Gasteiger partial charge in [-0.1, -0.05) is 6.92 Å². The fourth-order valence-corrected chi connectivity index (χ4v) is 4.91. The van der Waals surface area contributed by atoms with Crippen LogP contribution in [0, 0.1) is 6.92 Å². The number of halogens is 1. The summed E-state index contributed by atoms with van der Waals surface area (Å²) in [6, 6.07) is 2.54. The number of rotatable bonds is 4. The summed E-state index contributed by atoms with van der Waals surface area (Å²) < 4.78 is 3.56. The molecule has 0 aromatic carbocycles. The minimum absolute atomic E-state index is 0.120. The van der Waals surface area contributed by atoms with Crippen molar-refractivity contribution in [1.29, 1.82) is 0 Å². The number of nitrogens with zero attached hydrogens (tertiary/aromatic N) is 2. The number of imidazole rings is 1. The summed E-state index contributed by atoms with van der Waals surface area (Å²) in [5, 5.41) is 2.14. The van der Waals surface area contributed by atoms with Gasteiger partial charge in [-0.15, -0.1) is 11.3 Å². The first-order valence-electron chi connectivity index (χ1n) is 7.68. The Kier molecular flexibility index (Phi) is 4.52. The first-order valence-corrected chi connectivity index (χ1v) is 9.35. The molecule has 3 rings (SSSR count). The van der Waals surface area contributed by atoms with Gasteiger partial charge in [0.05, 0.1) is 11.7 Å². The van der Waals surface area contributed by atoms with Crippen LogP contribution in [0.2, 0.25) is 0 Å². The molecule has 0 bridgehead atoms. The molecule has 1 aliphatic rings. The van der Waals surface area contributed by atoms with Crippen molar-refractivity contribution in [3.8, 4) is 0 Å². The van der Waals surface area contributed by atoms with Gasteiger partial charge in [0, 0.05) is 26.5 Å². The molecule has 2 N–H and O–H groups in total. The Labute approximate surface area is 138 Å². The molecule has 0 aliphatic heterocycles. The van der Waals surface area contributed by atoms with E-state index in [0.29, 0.717) is 0 Å². The molecule has 3 nitrogen and oxygen atoms in total. The van der Waals surface area contributed by atoms with Crippen LogP contribution in [0.3, 0.4) is 0 Å². The largest absolute Gasteiger partial charge is 0.326 e. The highest BCUT2D eigenvalue weighted by molar-refractivity contribution is 9.10. The maximum Gasteiger partial charge on any atom is 0.106 e. The Hall–Kier alpha value is -0.650. The van der Waals surface area contributed by atoms with Gasteiger partial charge in [0.25, 0.3) is 0 Å². The van der Waals surface area contributed by atoms with Gasteiger partial charge in [-0.05, 0) is 61.0 Å². The Morgan fingerprint density at radius 3 is 2.86 bits per heavy atom. The van der Waals surface area contributed by atoms with Crippen LogP contribution in [0.5, 0.6) is 0 Å². The van der Waals surface area contributed by atoms with Crippen LogP contribution in [0.15, 0.2) is 15.9 Å². The number of hydrogen-bond donors (Lipinski definition) is 1. The van der Waals surface area contributed by atoms with E-state index >= 15 is 0 Å². The van der Waals surface area contributed by atoms with Gasteiger partial charge in [-0.2, -0.15) is 0 Å². The van der Waals surface area contributed by atoms with Gasteiger partial charge in [0.15, 0.2) is 0 Å². The fraction of sp³-hybridized carbons (Fsp3) is 0.562. The molecule has 0 saturated heterocycles. The summed E-state index contributed by atoms with van der Waals surface area (Å²) in [6.45, 7) is 4.29. The molecule has 2 unspecified atom stereocenters. The van der Waals surface area contributed by atoms with Crippen LogP contribution in [-0.4, -0.2) is 15.6 Å². The summed E-state index contributed by atoms with van der Waals surface area (Å²) in [5.41, 5.74) is 9.20. The van der Waals surface area contributed by atoms with E-state index in [1.807, 2.05) is 0 Å². The molecule has 2 aromatic heterocycles. The maximum absolute atomic E-state index is 6.49. The molecule has 114 valence electrons. The van der Waals surface area contributed by atoms with Crippen molar-refractivity contribution in [2.45, 2.75) is 58.0 Å². The highest BCUT2D eigenvalue weighted by Gasteiger charge is 2.28. The number of aromatic nitrogens is 2. The van der Waals surface area contributed by atoms with E-state index in [0.717, 1.165) is 29.6 Å².